The normalized spacial score (nSPS) is 33.9. The van der Waals surface area contributed by atoms with E-state index in [1.165, 1.54) is 0 Å². The largest absolute Gasteiger partial charge is 0.383 e. The van der Waals surface area contributed by atoms with E-state index in [0.29, 0.717) is 5.41 Å². The zero-order valence-corrected chi connectivity index (χ0v) is 10.7. The predicted molar refractivity (Wildman–Crippen MR) is 63.9 cm³/mol. The summed E-state index contributed by atoms with van der Waals surface area (Å²) in [6, 6.07) is 1.94. The topological polar surface area (TPSA) is 38.1 Å². The molecule has 1 aromatic rings. The summed E-state index contributed by atoms with van der Waals surface area (Å²) in [7, 11) is 1.90. The Morgan fingerprint density at radius 1 is 1.44 bits per heavy atom. The van der Waals surface area contributed by atoms with Crippen LogP contribution in [0.4, 0.5) is 0 Å². The Hall–Kier alpha value is -0.830. The van der Waals surface area contributed by atoms with Crippen molar-refractivity contribution in [1.82, 2.24) is 9.78 Å². The predicted octanol–water partition coefficient (Wildman–Crippen LogP) is 2.45. The fraction of sp³-hybridized carbons (Fsp3) is 0.769. The summed E-state index contributed by atoms with van der Waals surface area (Å²) in [5, 5.41) is 15.0. The average molecular weight is 222 g/mol. The first-order chi connectivity index (χ1) is 7.35. The van der Waals surface area contributed by atoms with Crippen LogP contribution in [0.25, 0.3) is 0 Å². The lowest BCUT2D eigenvalue weighted by atomic mass is 9.64. The maximum atomic E-state index is 10.9. The highest BCUT2D eigenvalue weighted by molar-refractivity contribution is 5.15. The van der Waals surface area contributed by atoms with Crippen molar-refractivity contribution in [3.05, 3.63) is 18.0 Å². The molecular formula is C13H22N2O. The SMILES string of the molecule is CC1CC(C)(C)CCC1(O)c1ccnn1C. The van der Waals surface area contributed by atoms with Crippen LogP contribution in [0.1, 0.15) is 45.7 Å². The lowest BCUT2D eigenvalue weighted by molar-refractivity contribution is -0.0824. The van der Waals surface area contributed by atoms with E-state index in [2.05, 4.69) is 25.9 Å². The Balaban J connectivity index is 2.30. The van der Waals surface area contributed by atoms with Crippen LogP contribution in [0.15, 0.2) is 12.3 Å². The summed E-state index contributed by atoms with van der Waals surface area (Å²) in [6.45, 7) is 6.71. The molecule has 1 N–H and O–H groups in total. The first kappa shape index (κ1) is 11.6. The van der Waals surface area contributed by atoms with Gasteiger partial charge in [-0.1, -0.05) is 20.8 Å². The molecule has 90 valence electrons. The minimum atomic E-state index is -0.694. The highest BCUT2D eigenvalue weighted by Crippen LogP contribution is 2.48. The minimum absolute atomic E-state index is 0.284. The molecule has 3 nitrogen and oxygen atoms in total. The molecule has 1 aliphatic rings. The third kappa shape index (κ3) is 1.77. The van der Waals surface area contributed by atoms with Crippen LogP contribution >= 0.6 is 0 Å². The Morgan fingerprint density at radius 3 is 2.62 bits per heavy atom. The number of hydrogen-bond donors (Lipinski definition) is 1. The third-order valence-electron chi connectivity index (χ3n) is 4.12. The van der Waals surface area contributed by atoms with Crippen LogP contribution in [0.3, 0.4) is 0 Å². The highest BCUT2D eigenvalue weighted by atomic mass is 16.3. The third-order valence-corrected chi connectivity index (χ3v) is 4.12. The molecule has 2 atom stereocenters. The van der Waals surface area contributed by atoms with Gasteiger partial charge in [0, 0.05) is 13.2 Å². The number of rotatable bonds is 1. The van der Waals surface area contributed by atoms with Gasteiger partial charge in [0.25, 0.3) is 0 Å². The van der Waals surface area contributed by atoms with Crippen molar-refractivity contribution in [2.75, 3.05) is 0 Å². The molecular weight excluding hydrogens is 200 g/mol. The van der Waals surface area contributed by atoms with Gasteiger partial charge in [-0.05, 0) is 36.7 Å². The Morgan fingerprint density at radius 2 is 2.12 bits per heavy atom. The molecule has 0 spiro atoms. The lowest BCUT2D eigenvalue weighted by Crippen LogP contribution is -2.42. The van der Waals surface area contributed by atoms with Gasteiger partial charge in [-0.25, -0.2) is 0 Å². The number of nitrogens with zero attached hydrogens (tertiary/aromatic N) is 2. The van der Waals surface area contributed by atoms with Crippen molar-refractivity contribution in [2.24, 2.45) is 18.4 Å². The van der Waals surface area contributed by atoms with Crippen LogP contribution in [-0.4, -0.2) is 14.9 Å². The Kier molecular flexibility index (Phi) is 2.61. The lowest BCUT2D eigenvalue weighted by Gasteiger charge is -2.45. The van der Waals surface area contributed by atoms with Gasteiger partial charge >= 0.3 is 0 Å². The smallest absolute Gasteiger partial charge is 0.109 e. The first-order valence-corrected chi connectivity index (χ1v) is 6.06. The molecule has 1 aromatic heterocycles. The van der Waals surface area contributed by atoms with E-state index in [0.717, 1.165) is 25.0 Å². The Bertz CT molecular complexity index is 383. The maximum Gasteiger partial charge on any atom is 0.109 e. The summed E-state index contributed by atoms with van der Waals surface area (Å²) >= 11 is 0. The second kappa shape index (κ2) is 3.59. The van der Waals surface area contributed by atoms with Gasteiger partial charge in [0.15, 0.2) is 0 Å². The summed E-state index contributed by atoms with van der Waals surface area (Å²) in [6.07, 6.45) is 4.73. The molecule has 0 amide bonds. The van der Waals surface area contributed by atoms with Crippen molar-refractivity contribution >= 4 is 0 Å². The van der Waals surface area contributed by atoms with Crippen molar-refractivity contribution in [3.8, 4) is 0 Å². The molecule has 3 heteroatoms. The molecule has 1 aliphatic carbocycles. The highest BCUT2D eigenvalue weighted by Gasteiger charge is 2.44. The van der Waals surface area contributed by atoms with Gasteiger partial charge in [0.2, 0.25) is 0 Å². The van der Waals surface area contributed by atoms with Gasteiger partial charge in [-0.3, -0.25) is 4.68 Å². The van der Waals surface area contributed by atoms with Crippen LogP contribution in [0, 0.1) is 11.3 Å². The zero-order valence-electron chi connectivity index (χ0n) is 10.7. The van der Waals surface area contributed by atoms with Crippen LogP contribution < -0.4 is 0 Å². The monoisotopic (exact) mass is 222 g/mol. The van der Waals surface area contributed by atoms with E-state index >= 15 is 0 Å². The van der Waals surface area contributed by atoms with Crippen LogP contribution in [0.5, 0.6) is 0 Å². The van der Waals surface area contributed by atoms with Gasteiger partial charge in [0.05, 0.1) is 5.69 Å². The summed E-state index contributed by atoms with van der Waals surface area (Å²) in [5.41, 5.74) is 0.612. The van der Waals surface area contributed by atoms with Crippen LogP contribution in [0.2, 0.25) is 0 Å². The molecule has 2 unspecified atom stereocenters. The van der Waals surface area contributed by atoms with E-state index in [-0.39, 0.29) is 5.92 Å². The molecule has 16 heavy (non-hydrogen) atoms. The Labute approximate surface area is 97.5 Å². The summed E-state index contributed by atoms with van der Waals surface area (Å²) in [5.74, 6) is 0.284. The molecule has 0 bridgehead atoms. The van der Waals surface area contributed by atoms with Gasteiger partial charge in [-0.15, -0.1) is 0 Å². The molecule has 0 radical (unpaired) electrons. The van der Waals surface area contributed by atoms with E-state index < -0.39 is 5.60 Å². The molecule has 0 aromatic carbocycles. The maximum absolute atomic E-state index is 10.9. The summed E-state index contributed by atoms with van der Waals surface area (Å²) in [4.78, 5) is 0. The van der Waals surface area contributed by atoms with Gasteiger partial charge < -0.3 is 5.11 Å². The van der Waals surface area contributed by atoms with Gasteiger partial charge in [-0.2, -0.15) is 5.10 Å². The second-order valence-electron chi connectivity index (χ2n) is 6.03. The molecule has 0 aliphatic heterocycles. The molecule has 1 heterocycles. The quantitative estimate of drug-likeness (QED) is 0.792. The first-order valence-electron chi connectivity index (χ1n) is 6.06. The molecule has 2 rings (SSSR count). The van der Waals surface area contributed by atoms with Crippen molar-refractivity contribution < 1.29 is 5.11 Å². The molecule has 1 saturated carbocycles. The van der Waals surface area contributed by atoms with E-state index in [1.807, 2.05) is 13.1 Å². The number of aryl methyl sites for hydroxylation is 1. The number of hydrogen-bond acceptors (Lipinski definition) is 2. The number of aromatic nitrogens is 2. The molecule has 1 fully saturated rings. The van der Waals surface area contributed by atoms with Crippen LogP contribution in [-0.2, 0) is 12.6 Å². The fourth-order valence-electron chi connectivity index (χ4n) is 3.05. The second-order valence-corrected chi connectivity index (χ2v) is 6.03. The number of aliphatic hydroxyl groups is 1. The van der Waals surface area contributed by atoms with E-state index in [4.69, 9.17) is 0 Å². The van der Waals surface area contributed by atoms with Crippen molar-refractivity contribution in [3.63, 3.8) is 0 Å². The standard InChI is InChI=1S/C13H22N2O/c1-10-9-12(2,3)6-7-13(10,16)11-5-8-14-15(11)4/h5,8,10,16H,6-7,9H2,1-4H3. The van der Waals surface area contributed by atoms with Crippen molar-refractivity contribution in [1.29, 1.82) is 0 Å². The fourth-order valence-corrected chi connectivity index (χ4v) is 3.05. The van der Waals surface area contributed by atoms with Crippen molar-refractivity contribution in [2.45, 2.75) is 45.6 Å². The van der Waals surface area contributed by atoms with E-state index in [9.17, 15) is 5.11 Å². The molecule has 0 saturated heterocycles. The summed E-state index contributed by atoms with van der Waals surface area (Å²) < 4.78 is 1.80. The minimum Gasteiger partial charge on any atom is -0.383 e. The zero-order chi connectivity index (χ0) is 12.0. The van der Waals surface area contributed by atoms with E-state index in [1.54, 1.807) is 10.9 Å². The van der Waals surface area contributed by atoms with Gasteiger partial charge in [0.1, 0.15) is 5.60 Å². The average Bonchev–Trinajstić information content (AvgIpc) is 2.59.